The lowest BCUT2D eigenvalue weighted by atomic mass is 9.97. The van der Waals surface area contributed by atoms with Crippen LogP contribution in [0.3, 0.4) is 0 Å². The molecule has 1 N–H and O–H groups in total. The summed E-state index contributed by atoms with van der Waals surface area (Å²) in [6.45, 7) is 5.23. The number of sulfonamides is 1. The van der Waals surface area contributed by atoms with Gasteiger partial charge in [0.2, 0.25) is 10.0 Å². The summed E-state index contributed by atoms with van der Waals surface area (Å²) < 4.78 is 39.6. The third kappa shape index (κ3) is 4.77. The second-order valence-electron chi connectivity index (χ2n) is 6.84. The summed E-state index contributed by atoms with van der Waals surface area (Å²) in [5.41, 5.74) is 1.64. The van der Waals surface area contributed by atoms with E-state index in [2.05, 4.69) is 4.72 Å². The quantitative estimate of drug-likeness (QED) is 0.837. The van der Waals surface area contributed by atoms with E-state index in [-0.39, 0.29) is 17.7 Å². The lowest BCUT2D eigenvalue weighted by molar-refractivity contribution is 0.297. The van der Waals surface area contributed by atoms with Gasteiger partial charge in [-0.25, -0.2) is 13.1 Å². The minimum Gasteiger partial charge on any atom is -0.490 e. The van der Waals surface area contributed by atoms with Crippen molar-refractivity contribution in [1.29, 1.82) is 0 Å². The lowest BCUT2D eigenvalue weighted by Gasteiger charge is -2.23. The highest BCUT2D eigenvalue weighted by Crippen LogP contribution is 2.34. The molecule has 0 bridgehead atoms. The van der Waals surface area contributed by atoms with Crippen LogP contribution in [0.4, 0.5) is 0 Å². The van der Waals surface area contributed by atoms with Crippen LogP contribution in [-0.4, -0.2) is 21.6 Å². The third-order valence-corrected chi connectivity index (χ3v) is 5.63. The first-order valence-electron chi connectivity index (χ1n) is 8.88. The minimum absolute atomic E-state index is 0.0401. The molecule has 0 saturated heterocycles. The highest BCUT2D eigenvalue weighted by Gasteiger charge is 2.24. The number of fused-ring (bicyclic) bond motifs is 1. The van der Waals surface area contributed by atoms with Gasteiger partial charge < -0.3 is 9.47 Å². The van der Waals surface area contributed by atoms with Crippen LogP contribution >= 0.6 is 0 Å². The highest BCUT2D eigenvalue weighted by molar-refractivity contribution is 7.88. The molecule has 1 heterocycles. The van der Waals surface area contributed by atoms with E-state index >= 15 is 0 Å². The number of benzene rings is 2. The molecule has 0 unspecified atom stereocenters. The second kappa shape index (κ2) is 8.10. The van der Waals surface area contributed by atoms with E-state index in [9.17, 15) is 8.42 Å². The number of ether oxygens (including phenoxy) is 2. The van der Waals surface area contributed by atoms with Crippen molar-refractivity contribution in [3.63, 3.8) is 0 Å². The van der Waals surface area contributed by atoms with Crippen LogP contribution in [0.2, 0.25) is 0 Å². The Balaban J connectivity index is 1.82. The zero-order valence-electron chi connectivity index (χ0n) is 15.1. The Hall–Kier alpha value is -2.05. The fraction of sp³-hybridized carbons (Fsp3) is 0.400. The Morgan fingerprint density at radius 2 is 1.69 bits per heavy atom. The van der Waals surface area contributed by atoms with Gasteiger partial charge in [0.25, 0.3) is 0 Å². The van der Waals surface area contributed by atoms with Crippen LogP contribution < -0.4 is 14.2 Å². The Kier molecular flexibility index (Phi) is 5.84. The first-order valence-corrected chi connectivity index (χ1v) is 10.5. The van der Waals surface area contributed by atoms with Gasteiger partial charge in [-0.3, -0.25) is 0 Å². The maximum absolute atomic E-state index is 12.7. The van der Waals surface area contributed by atoms with Gasteiger partial charge >= 0.3 is 0 Å². The van der Waals surface area contributed by atoms with Crippen LogP contribution in [0.5, 0.6) is 11.5 Å². The van der Waals surface area contributed by atoms with E-state index in [1.54, 1.807) is 0 Å². The van der Waals surface area contributed by atoms with E-state index < -0.39 is 10.0 Å². The predicted octanol–water partition coefficient (Wildman–Crippen LogP) is 3.66. The predicted molar refractivity (Wildman–Crippen MR) is 102 cm³/mol. The van der Waals surface area contributed by atoms with Crippen molar-refractivity contribution < 1.29 is 17.9 Å². The summed E-state index contributed by atoms with van der Waals surface area (Å²) in [6, 6.07) is 14.5. The maximum atomic E-state index is 12.7. The zero-order valence-corrected chi connectivity index (χ0v) is 16.0. The van der Waals surface area contributed by atoms with Crippen LogP contribution in [0, 0.1) is 5.92 Å². The van der Waals surface area contributed by atoms with Crippen molar-refractivity contribution in [3.8, 4) is 11.5 Å². The molecule has 5 nitrogen and oxygen atoms in total. The fourth-order valence-electron chi connectivity index (χ4n) is 2.99. The number of nitrogens with one attached hydrogen (secondary N) is 1. The molecular weight excluding hydrogens is 350 g/mol. The smallest absolute Gasteiger partial charge is 0.216 e. The maximum Gasteiger partial charge on any atom is 0.216 e. The van der Waals surface area contributed by atoms with Crippen molar-refractivity contribution in [1.82, 2.24) is 4.72 Å². The molecule has 1 aliphatic heterocycles. The monoisotopic (exact) mass is 375 g/mol. The third-order valence-electron chi connectivity index (χ3n) is 4.30. The molecule has 140 valence electrons. The highest BCUT2D eigenvalue weighted by atomic mass is 32.2. The fourth-order valence-corrected chi connectivity index (χ4v) is 4.50. The topological polar surface area (TPSA) is 64.6 Å². The largest absolute Gasteiger partial charge is 0.490 e. The molecule has 0 spiro atoms. The molecule has 0 amide bonds. The van der Waals surface area contributed by atoms with Crippen LogP contribution in [-0.2, 0) is 15.8 Å². The van der Waals surface area contributed by atoms with E-state index in [1.165, 1.54) is 0 Å². The molecule has 6 heteroatoms. The molecule has 0 fully saturated rings. The second-order valence-corrected chi connectivity index (χ2v) is 8.59. The Bertz CT molecular complexity index is 834. The summed E-state index contributed by atoms with van der Waals surface area (Å²) >= 11 is 0. The van der Waals surface area contributed by atoms with Gasteiger partial charge in [-0.15, -0.1) is 0 Å². The van der Waals surface area contributed by atoms with E-state index in [0.29, 0.717) is 24.7 Å². The molecule has 2 aromatic rings. The van der Waals surface area contributed by atoms with E-state index in [1.807, 2.05) is 62.4 Å². The van der Waals surface area contributed by atoms with Crippen LogP contribution in [0.1, 0.15) is 37.4 Å². The van der Waals surface area contributed by atoms with Gasteiger partial charge in [0.15, 0.2) is 11.5 Å². The van der Waals surface area contributed by atoms with Crippen molar-refractivity contribution in [2.45, 2.75) is 32.1 Å². The van der Waals surface area contributed by atoms with Gasteiger partial charge in [-0.1, -0.05) is 50.2 Å². The summed E-state index contributed by atoms with van der Waals surface area (Å²) in [5.74, 6) is 1.43. The number of hydrogen-bond donors (Lipinski definition) is 1. The SMILES string of the molecule is CC(C)[C@H](NS(=O)(=O)Cc1ccccc1)c1ccc2c(c1)OCCCO2. The Morgan fingerprint density at radius 3 is 2.38 bits per heavy atom. The lowest BCUT2D eigenvalue weighted by Crippen LogP contribution is -2.32. The van der Waals surface area contributed by atoms with Gasteiger partial charge in [0, 0.05) is 12.5 Å². The molecule has 1 aliphatic rings. The summed E-state index contributed by atoms with van der Waals surface area (Å²) in [5, 5.41) is 0. The molecule has 0 aromatic heterocycles. The minimum atomic E-state index is -3.48. The zero-order chi connectivity index (χ0) is 18.6. The van der Waals surface area contributed by atoms with Crippen molar-refractivity contribution in [3.05, 3.63) is 59.7 Å². The molecule has 26 heavy (non-hydrogen) atoms. The molecular formula is C20H25NO4S. The molecule has 0 radical (unpaired) electrons. The normalized spacial score (nSPS) is 15.5. The van der Waals surface area contributed by atoms with E-state index in [4.69, 9.17) is 9.47 Å². The Morgan fingerprint density at radius 1 is 1.00 bits per heavy atom. The summed E-state index contributed by atoms with van der Waals surface area (Å²) in [7, 11) is -3.48. The summed E-state index contributed by atoms with van der Waals surface area (Å²) in [4.78, 5) is 0. The van der Waals surface area contributed by atoms with Gasteiger partial charge in [-0.05, 0) is 29.2 Å². The first-order chi connectivity index (χ1) is 12.4. The van der Waals surface area contributed by atoms with Gasteiger partial charge in [0.1, 0.15) is 0 Å². The molecule has 0 aliphatic carbocycles. The van der Waals surface area contributed by atoms with Gasteiger partial charge in [-0.2, -0.15) is 0 Å². The molecule has 3 rings (SSSR count). The van der Waals surface area contributed by atoms with Crippen LogP contribution in [0.25, 0.3) is 0 Å². The van der Waals surface area contributed by atoms with Crippen molar-refractivity contribution in [2.24, 2.45) is 5.92 Å². The Labute approximate surface area is 155 Å². The molecule has 0 saturated carbocycles. The first kappa shape index (κ1) is 18.7. The average molecular weight is 375 g/mol. The van der Waals surface area contributed by atoms with E-state index in [0.717, 1.165) is 17.5 Å². The van der Waals surface area contributed by atoms with Crippen molar-refractivity contribution >= 4 is 10.0 Å². The van der Waals surface area contributed by atoms with Crippen molar-refractivity contribution in [2.75, 3.05) is 13.2 Å². The number of hydrogen-bond acceptors (Lipinski definition) is 4. The number of rotatable bonds is 6. The standard InChI is InChI=1S/C20H25NO4S/c1-15(2)20(21-26(22,23)14-16-7-4-3-5-8-16)17-9-10-18-19(13-17)25-12-6-11-24-18/h3-5,7-10,13,15,20-21H,6,11-12,14H2,1-2H3/t20-/m0/s1. The average Bonchev–Trinajstić information content (AvgIpc) is 2.84. The molecule has 1 atom stereocenters. The van der Waals surface area contributed by atoms with Gasteiger partial charge in [0.05, 0.1) is 19.0 Å². The molecule has 2 aromatic carbocycles. The van der Waals surface area contributed by atoms with Crippen LogP contribution in [0.15, 0.2) is 48.5 Å². The summed E-state index contributed by atoms with van der Waals surface area (Å²) in [6.07, 6.45) is 0.835.